The first-order valence-corrected chi connectivity index (χ1v) is 8.75. The van der Waals surface area contributed by atoms with Crippen LogP contribution in [0.5, 0.6) is 0 Å². The Morgan fingerprint density at radius 1 is 1.15 bits per heavy atom. The maximum Gasteiger partial charge on any atom is 0.326 e. The van der Waals surface area contributed by atoms with Crippen molar-refractivity contribution in [3.05, 3.63) is 71.9 Å². The molecule has 0 saturated heterocycles. The third-order valence-electron chi connectivity index (χ3n) is 4.42. The minimum absolute atomic E-state index is 0.195. The number of aromatic nitrogens is 1. The highest BCUT2D eigenvalue weighted by atomic mass is 16.5. The van der Waals surface area contributed by atoms with Crippen molar-refractivity contribution < 1.29 is 19.4 Å². The summed E-state index contributed by atoms with van der Waals surface area (Å²) in [6, 6.07) is 15.9. The molecule has 3 aromatic rings. The fourth-order valence-corrected chi connectivity index (χ4v) is 2.87. The second kappa shape index (κ2) is 8.51. The number of ether oxygens (including phenoxy) is 1. The number of hydrogen-bond donors (Lipinski definition) is 2. The van der Waals surface area contributed by atoms with E-state index in [1.54, 1.807) is 12.1 Å². The zero-order valence-corrected chi connectivity index (χ0v) is 15.1. The Balaban J connectivity index is 1.57. The van der Waals surface area contributed by atoms with Crippen LogP contribution in [0.3, 0.4) is 0 Å². The minimum atomic E-state index is -1.08. The average molecular weight is 366 g/mol. The van der Waals surface area contributed by atoms with Gasteiger partial charge in [-0.1, -0.05) is 36.4 Å². The van der Waals surface area contributed by atoms with Gasteiger partial charge in [0, 0.05) is 37.4 Å². The predicted octanol–water partition coefficient (Wildman–Crippen LogP) is 2.97. The monoisotopic (exact) mass is 366 g/mol. The van der Waals surface area contributed by atoms with Crippen LogP contribution in [0.1, 0.15) is 22.3 Å². The SMILES string of the molecule is Cn1ccc2ccc(C(=O)N[C@@H](CCOCc3ccccc3)C(=O)O)cc21. The summed E-state index contributed by atoms with van der Waals surface area (Å²) in [6.45, 7) is 0.647. The number of nitrogens with one attached hydrogen (secondary N) is 1. The van der Waals surface area contributed by atoms with Gasteiger partial charge in [0.05, 0.1) is 6.61 Å². The molecule has 1 aromatic heterocycles. The molecule has 1 heterocycles. The van der Waals surface area contributed by atoms with Gasteiger partial charge in [-0.15, -0.1) is 0 Å². The summed E-state index contributed by atoms with van der Waals surface area (Å²) >= 11 is 0. The number of carboxylic acids is 1. The van der Waals surface area contributed by atoms with Gasteiger partial charge in [-0.25, -0.2) is 4.79 Å². The lowest BCUT2D eigenvalue weighted by atomic mass is 10.1. The largest absolute Gasteiger partial charge is 0.480 e. The fourth-order valence-electron chi connectivity index (χ4n) is 2.87. The summed E-state index contributed by atoms with van der Waals surface area (Å²) < 4.78 is 7.45. The molecule has 27 heavy (non-hydrogen) atoms. The molecule has 6 heteroatoms. The molecule has 0 fully saturated rings. The fraction of sp³-hybridized carbons (Fsp3) is 0.238. The van der Waals surface area contributed by atoms with E-state index >= 15 is 0 Å². The maximum atomic E-state index is 12.5. The van der Waals surface area contributed by atoms with Crippen molar-refractivity contribution >= 4 is 22.8 Å². The van der Waals surface area contributed by atoms with E-state index in [2.05, 4.69) is 5.32 Å². The van der Waals surface area contributed by atoms with Crippen molar-refractivity contribution in [2.45, 2.75) is 19.1 Å². The molecular weight excluding hydrogens is 344 g/mol. The van der Waals surface area contributed by atoms with Gasteiger partial charge in [0.15, 0.2) is 0 Å². The Kier molecular flexibility index (Phi) is 5.88. The number of amides is 1. The topological polar surface area (TPSA) is 80.6 Å². The Hall–Kier alpha value is -3.12. The minimum Gasteiger partial charge on any atom is -0.480 e. The summed E-state index contributed by atoms with van der Waals surface area (Å²) in [7, 11) is 1.90. The number of aliphatic carboxylic acids is 1. The molecule has 0 bridgehead atoms. The molecule has 0 aliphatic heterocycles. The van der Waals surface area contributed by atoms with E-state index in [9.17, 15) is 14.7 Å². The summed E-state index contributed by atoms with van der Waals surface area (Å²) in [5.74, 6) is -1.49. The zero-order chi connectivity index (χ0) is 19.2. The third-order valence-corrected chi connectivity index (χ3v) is 4.42. The van der Waals surface area contributed by atoms with Gasteiger partial charge in [-0.2, -0.15) is 0 Å². The van der Waals surface area contributed by atoms with Crippen LogP contribution in [-0.2, 0) is 23.2 Å². The van der Waals surface area contributed by atoms with Gasteiger partial charge >= 0.3 is 5.97 Å². The number of carboxylic acid groups (broad SMARTS) is 1. The molecular formula is C21H22N2O4. The molecule has 0 unspecified atom stereocenters. The van der Waals surface area contributed by atoms with Gasteiger partial charge in [-0.3, -0.25) is 4.79 Å². The molecule has 0 aliphatic rings. The van der Waals surface area contributed by atoms with E-state index in [4.69, 9.17) is 4.74 Å². The lowest BCUT2D eigenvalue weighted by molar-refractivity contribution is -0.139. The molecule has 6 nitrogen and oxygen atoms in total. The van der Waals surface area contributed by atoms with Crippen LogP contribution in [0.4, 0.5) is 0 Å². The summed E-state index contributed by atoms with van der Waals surface area (Å²) in [5, 5.41) is 13.0. The second-order valence-electron chi connectivity index (χ2n) is 6.39. The molecule has 0 saturated carbocycles. The van der Waals surface area contributed by atoms with Crippen molar-refractivity contribution in [3.63, 3.8) is 0 Å². The Bertz CT molecular complexity index is 934. The highest BCUT2D eigenvalue weighted by molar-refractivity contribution is 5.99. The predicted molar refractivity (Wildman–Crippen MR) is 103 cm³/mol. The normalized spacial score (nSPS) is 12.0. The Labute approximate surface area is 157 Å². The standard InChI is InChI=1S/C21H22N2O4/c1-23-11-9-16-7-8-17(13-19(16)23)20(24)22-18(21(25)26)10-12-27-14-15-5-3-2-4-6-15/h2-9,11,13,18H,10,12,14H2,1H3,(H,22,24)(H,25,26)/t18-/m0/s1. The maximum absolute atomic E-state index is 12.5. The van der Waals surface area contributed by atoms with E-state index in [-0.39, 0.29) is 13.0 Å². The van der Waals surface area contributed by atoms with Crippen LogP contribution >= 0.6 is 0 Å². The Morgan fingerprint density at radius 3 is 2.67 bits per heavy atom. The Morgan fingerprint density at radius 2 is 1.93 bits per heavy atom. The highest BCUT2D eigenvalue weighted by Crippen LogP contribution is 2.16. The van der Waals surface area contributed by atoms with Crippen LogP contribution in [0, 0.1) is 0 Å². The molecule has 1 atom stereocenters. The number of carbonyl (C=O) groups excluding carboxylic acids is 1. The van der Waals surface area contributed by atoms with Crippen molar-refractivity contribution in [3.8, 4) is 0 Å². The number of aryl methyl sites for hydroxylation is 1. The number of fused-ring (bicyclic) bond motifs is 1. The first-order chi connectivity index (χ1) is 13.0. The molecule has 0 spiro atoms. The molecule has 2 N–H and O–H groups in total. The lowest BCUT2D eigenvalue weighted by Crippen LogP contribution is -2.41. The molecule has 3 rings (SSSR count). The number of nitrogens with zero attached hydrogens (tertiary/aromatic N) is 1. The molecule has 0 aliphatic carbocycles. The lowest BCUT2D eigenvalue weighted by Gasteiger charge is -2.15. The van der Waals surface area contributed by atoms with Crippen LogP contribution in [0.15, 0.2) is 60.8 Å². The van der Waals surface area contributed by atoms with Crippen molar-refractivity contribution in [2.75, 3.05) is 6.61 Å². The third kappa shape index (κ3) is 4.74. The van der Waals surface area contributed by atoms with Crippen LogP contribution in [-0.4, -0.2) is 34.2 Å². The quantitative estimate of drug-likeness (QED) is 0.601. The van der Waals surface area contributed by atoms with Gasteiger partial charge in [0.2, 0.25) is 0 Å². The molecule has 0 radical (unpaired) electrons. The van der Waals surface area contributed by atoms with Crippen molar-refractivity contribution in [1.29, 1.82) is 0 Å². The highest BCUT2D eigenvalue weighted by Gasteiger charge is 2.20. The van der Waals surface area contributed by atoms with Gasteiger partial charge in [0.1, 0.15) is 6.04 Å². The summed E-state index contributed by atoms with van der Waals surface area (Å²) in [6.07, 6.45) is 2.11. The second-order valence-corrected chi connectivity index (χ2v) is 6.39. The number of rotatable bonds is 8. The zero-order valence-electron chi connectivity index (χ0n) is 15.1. The van der Waals surface area contributed by atoms with E-state index < -0.39 is 17.9 Å². The first kappa shape index (κ1) is 18.7. The van der Waals surface area contributed by atoms with E-state index in [0.717, 1.165) is 16.5 Å². The average Bonchev–Trinajstić information content (AvgIpc) is 3.05. The van der Waals surface area contributed by atoms with E-state index in [0.29, 0.717) is 12.2 Å². The summed E-state index contributed by atoms with van der Waals surface area (Å²) in [4.78, 5) is 23.9. The van der Waals surface area contributed by atoms with E-state index in [1.165, 1.54) is 0 Å². The number of carbonyl (C=O) groups is 2. The molecule has 2 aromatic carbocycles. The van der Waals surface area contributed by atoms with Crippen molar-refractivity contribution in [2.24, 2.45) is 7.05 Å². The molecule has 140 valence electrons. The molecule has 1 amide bonds. The van der Waals surface area contributed by atoms with Crippen molar-refractivity contribution in [1.82, 2.24) is 9.88 Å². The van der Waals surface area contributed by atoms with Crippen LogP contribution in [0.2, 0.25) is 0 Å². The number of hydrogen-bond acceptors (Lipinski definition) is 3. The smallest absolute Gasteiger partial charge is 0.326 e. The van der Waals surface area contributed by atoms with Gasteiger partial charge in [-0.05, 0) is 29.1 Å². The van der Waals surface area contributed by atoms with Crippen LogP contribution in [0.25, 0.3) is 10.9 Å². The van der Waals surface area contributed by atoms with Crippen LogP contribution < -0.4 is 5.32 Å². The van der Waals surface area contributed by atoms with E-state index in [1.807, 2.05) is 60.3 Å². The number of benzene rings is 2. The van der Waals surface area contributed by atoms with Gasteiger partial charge in [0.25, 0.3) is 5.91 Å². The first-order valence-electron chi connectivity index (χ1n) is 8.75. The summed E-state index contributed by atoms with van der Waals surface area (Å²) in [5.41, 5.74) is 2.37. The van der Waals surface area contributed by atoms with Gasteiger partial charge < -0.3 is 19.7 Å².